The van der Waals surface area contributed by atoms with Crippen molar-refractivity contribution in [2.75, 3.05) is 0 Å². The average molecular weight is 303 g/mol. The van der Waals surface area contributed by atoms with E-state index in [2.05, 4.69) is 19.2 Å². The molecule has 0 amide bonds. The quantitative estimate of drug-likeness (QED) is 0.754. The summed E-state index contributed by atoms with van der Waals surface area (Å²) in [5.74, 6) is -0.0325. The third kappa shape index (κ3) is 5.45. The lowest BCUT2D eigenvalue weighted by atomic mass is 9.86. The van der Waals surface area contributed by atoms with Crippen molar-refractivity contribution in [1.82, 2.24) is 5.32 Å². The lowest BCUT2D eigenvalue weighted by Crippen LogP contribution is -2.40. The Morgan fingerprint density at radius 1 is 1.23 bits per heavy atom. The number of hydrogen-bond acceptors (Lipinski definition) is 2. The van der Waals surface area contributed by atoms with Crippen molar-refractivity contribution in [3.63, 3.8) is 0 Å². The van der Waals surface area contributed by atoms with Gasteiger partial charge in [0.2, 0.25) is 0 Å². The van der Waals surface area contributed by atoms with E-state index >= 15 is 0 Å². The highest BCUT2D eigenvalue weighted by atomic mass is 16.4. The first kappa shape index (κ1) is 17.0. The molecule has 0 aromatic heterocycles. The third-order valence-corrected chi connectivity index (χ3v) is 4.72. The number of carboxylic acids is 1. The second-order valence-electron chi connectivity index (χ2n) is 7.30. The van der Waals surface area contributed by atoms with Crippen LogP contribution in [0.25, 0.3) is 0 Å². The van der Waals surface area contributed by atoms with E-state index < -0.39 is 5.97 Å². The molecule has 0 unspecified atom stereocenters. The topological polar surface area (TPSA) is 49.3 Å². The normalized spacial score (nSPS) is 17.2. The number of carbonyl (C=O) groups is 1. The molecule has 0 atom stereocenters. The van der Waals surface area contributed by atoms with E-state index in [0.717, 1.165) is 18.0 Å². The molecule has 2 N–H and O–H groups in total. The number of aromatic carboxylic acids is 1. The van der Waals surface area contributed by atoms with E-state index in [4.69, 9.17) is 5.11 Å². The zero-order chi connectivity index (χ0) is 16.0. The summed E-state index contributed by atoms with van der Waals surface area (Å²) in [5.41, 5.74) is 1.49. The molecule has 0 bridgehead atoms. The van der Waals surface area contributed by atoms with Crippen LogP contribution < -0.4 is 5.32 Å². The lowest BCUT2D eigenvalue weighted by molar-refractivity contribution is 0.0696. The number of nitrogens with one attached hydrogen (secondary N) is 1. The summed E-state index contributed by atoms with van der Waals surface area (Å²) in [6.07, 6.45) is 9.46. The summed E-state index contributed by atoms with van der Waals surface area (Å²) in [5, 5.41) is 12.7. The van der Waals surface area contributed by atoms with E-state index in [1.807, 2.05) is 12.1 Å². The Bertz CT molecular complexity index is 488. The zero-order valence-electron chi connectivity index (χ0n) is 13.9. The molecule has 0 aliphatic heterocycles. The Hall–Kier alpha value is -1.35. The van der Waals surface area contributed by atoms with Crippen LogP contribution in [0.3, 0.4) is 0 Å². The van der Waals surface area contributed by atoms with Crippen LogP contribution >= 0.6 is 0 Å². The molecule has 1 aliphatic carbocycles. The maximum absolute atomic E-state index is 11.0. The zero-order valence-corrected chi connectivity index (χ0v) is 13.9. The van der Waals surface area contributed by atoms with E-state index in [0.29, 0.717) is 5.56 Å². The van der Waals surface area contributed by atoms with Crippen molar-refractivity contribution in [2.24, 2.45) is 5.92 Å². The predicted octanol–water partition coefficient (Wildman–Crippen LogP) is 4.61. The lowest BCUT2D eigenvalue weighted by Gasteiger charge is -2.31. The smallest absolute Gasteiger partial charge is 0.335 e. The summed E-state index contributed by atoms with van der Waals surface area (Å²) < 4.78 is 0. The van der Waals surface area contributed by atoms with Gasteiger partial charge in [0.15, 0.2) is 0 Å². The van der Waals surface area contributed by atoms with Crippen LogP contribution in [0.1, 0.15) is 74.7 Å². The highest BCUT2D eigenvalue weighted by Gasteiger charge is 2.23. The van der Waals surface area contributed by atoms with Gasteiger partial charge in [-0.2, -0.15) is 0 Å². The fourth-order valence-corrected chi connectivity index (χ4v) is 3.52. The van der Waals surface area contributed by atoms with Crippen LogP contribution in [0.15, 0.2) is 24.3 Å². The fourth-order valence-electron chi connectivity index (χ4n) is 3.52. The molecule has 3 heteroatoms. The van der Waals surface area contributed by atoms with Gasteiger partial charge in [0.1, 0.15) is 0 Å². The SMILES string of the molecule is CC(C)(CC1CCCCCC1)NCc1cccc(C(=O)O)c1. The Morgan fingerprint density at radius 2 is 1.91 bits per heavy atom. The Balaban J connectivity index is 1.88. The first-order valence-corrected chi connectivity index (χ1v) is 8.53. The van der Waals surface area contributed by atoms with Gasteiger partial charge >= 0.3 is 5.97 Å². The molecular formula is C19H29NO2. The van der Waals surface area contributed by atoms with Gasteiger partial charge < -0.3 is 10.4 Å². The van der Waals surface area contributed by atoms with E-state index in [-0.39, 0.29) is 5.54 Å². The van der Waals surface area contributed by atoms with Crippen molar-refractivity contribution in [1.29, 1.82) is 0 Å². The molecule has 22 heavy (non-hydrogen) atoms. The molecule has 3 nitrogen and oxygen atoms in total. The summed E-state index contributed by atoms with van der Waals surface area (Å²) in [6, 6.07) is 7.21. The maximum Gasteiger partial charge on any atom is 0.335 e. The minimum absolute atomic E-state index is 0.0915. The summed E-state index contributed by atoms with van der Waals surface area (Å²) >= 11 is 0. The van der Waals surface area contributed by atoms with Crippen molar-refractivity contribution in [2.45, 2.75) is 70.9 Å². The van der Waals surface area contributed by atoms with Gasteiger partial charge in [0.25, 0.3) is 0 Å². The van der Waals surface area contributed by atoms with Crippen molar-refractivity contribution < 1.29 is 9.90 Å². The monoisotopic (exact) mass is 303 g/mol. The standard InChI is InChI=1S/C19H29NO2/c1-19(2,13-15-8-5-3-4-6-9-15)20-14-16-10-7-11-17(12-16)18(21)22/h7,10-12,15,20H,3-6,8-9,13-14H2,1-2H3,(H,21,22). The van der Waals surface area contributed by atoms with E-state index in [1.54, 1.807) is 12.1 Å². The predicted molar refractivity (Wildman–Crippen MR) is 90.1 cm³/mol. The Morgan fingerprint density at radius 3 is 2.55 bits per heavy atom. The molecule has 1 aliphatic rings. The van der Waals surface area contributed by atoms with Crippen LogP contribution in [-0.4, -0.2) is 16.6 Å². The van der Waals surface area contributed by atoms with Gasteiger partial charge in [-0.05, 0) is 43.9 Å². The van der Waals surface area contributed by atoms with Crippen molar-refractivity contribution in [3.8, 4) is 0 Å². The Labute approximate surface area is 134 Å². The van der Waals surface area contributed by atoms with Gasteiger partial charge in [-0.3, -0.25) is 0 Å². The van der Waals surface area contributed by atoms with Crippen molar-refractivity contribution >= 4 is 5.97 Å². The van der Waals surface area contributed by atoms with Crippen LogP contribution in [0.2, 0.25) is 0 Å². The molecule has 1 fully saturated rings. The fraction of sp³-hybridized carbons (Fsp3) is 0.632. The highest BCUT2D eigenvalue weighted by Crippen LogP contribution is 2.29. The molecule has 0 spiro atoms. The minimum atomic E-state index is -0.862. The van der Waals surface area contributed by atoms with Gasteiger partial charge in [-0.15, -0.1) is 0 Å². The number of rotatable bonds is 6. The molecule has 1 aromatic carbocycles. The number of hydrogen-bond donors (Lipinski definition) is 2. The number of benzene rings is 1. The van der Waals surface area contributed by atoms with Crippen LogP contribution in [0.4, 0.5) is 0 Å². The third-order valence-electron chi connectivity index (χ3n) is 4.72. The first-order chi connectivity index (χ1) is 10.5. The second kappa shape index (κ2) is 7.77. The molecule has 122 valence electrons. The van der Waals surface area contributed by atoms with Crippen LogP contribution in [-0.2, 0) is 6.54 Å². The Kier molecular flexibility index (Phi) is 6.01. The van der Waals surface area contributed by atoms with E-state index in [9.17, 15) is 4.79 Å². The van der Waals surface area contributed by atoms with Crippen molar-refractivity contribution in [3.05, 3.63) is 35.4 Å². The van der Waals surface area contributed by atoms with E-state index in [1.165, 1.54) is 44.9 Å². The van der Waals surface area contributed by atoms with Gasteiger partial charge in [-0.25, -0.2) is 4.79 Å². The first-order valence-electron chi connectivity index (χ1n) is 8.53. The maximum atomic E-state index is 11.0. The summed E-state index contributed by atoms with van der Waals surface area (Å²) in [6.45, 7) is 5.25. The summed E-state index contributed by atoms with van der Waals surface area (Å²) in [7, 11) is 0. The number of carboxylic acid groups (broad SMARTS) is 1. The molecular weight excluding hydrogens is 274 g/mol. The minimum Gasteiger partial charge on any atom is -0.478 e. The van der Waals surface area contributed by atoms with Gasteiger partial charge in [0.05, 0.1) is 5.56 Å². The molecule has 1 saturated carbocycles. The highest BCUT2D eigenvalue weighted by molar-refractivity contribution is 5.87. The second-order valence-corrected chi connectivity index (χ2v) is 7.30. The average Bonchev–Trinajstić information content (AvgIpc) is 2.74. The van der Waals surface area contributed by atoms with Crippen LogP contribution in [0.5, 0.6) is 0 Å². The molecule has 0 radical (unpaired) electrons. The molecule has 2 rings (SSSR count). The summed E-state index contributed by atoms with van der Waals surface area (Å²) in [4.78, 5) is 11.0. The molecule has 1 aromatic rings. The molecule has 0 saturated heterocycles. The van der Waals surface area contributed by atoms with Gasteiger partial charge in [-0.1, -0.05) is 50.7 Å². The van der Waals surface area contributed by atoms with Gasteiger partial charge in [0, 0.05) is 12.1 Å². The van der Waals surface area contributed by atoms with Crippen LogP contribution in [0, 0.1) is 5.92 Å². The molecule has 0 heterocycles. The largest absolute Gasteiger partial charge is 0.478 e.